The van der Waals surface area contributed by atoms with E-state index in [0.717, 1.165) is 40.4 Å². The molecule has 0 bridgehead atoms. The molecule has 4 aromatic rings. The summed E-state index contributed by atoms with van der Waals surface area (Å²) in [5.74, 6) is -0.222. The van der Waals surface area contributed by atoms with Gasteiger partial charge in [-0.2, -0.15) is 0 Å². The van der Waals surface area contributed by atoms with Crippen molar-refractivity contribution in [2.75, 3.05) is 31.5 Å². The van der Waals surface area contributed by atoms with E-state index in [1.165, 1.54) is 5.56 Å². The predicted octanol–water partition coefficient (Wildman–Crippen LogP) is 6.92. The van der Waals surface area contributed by atoms with Gasteiger partial charge in [0, 0.05) is 48.9 Å². The van der Waals surface area contributed by atoms with Gasteiger partial charge in [-0.25, -0.2) is 9.78 Å². The number of halogens is 1. The van der Waals surface area contributed by atoms with Crippen molar-refractivity contribution in [1.82, 2.24) is 14.8 Å². The number of fused-ring (bicyclic) bond motifs is 1. The number of rotatable bonds is 5. The lowest BCUT2D eigenvalue weighted by molar-refractivity contribution is 0.0139. The van der Waals surface area contributed by atoms with Crippen molar-refractivity contribution in [2.24, 2.45) is 0 Å². The monoisotopic (exact) mass is 562 g/mol. The van der Waals surface area contributed by atoms with Crippen molar-refractivity contribution >= 4 is 50.8 Å². The molecule has 1 aliphatic heterocycles. The third-order valence-electron chi connectivity index (χ3n) is 6.38. The number of nitrogens with zero attached hydrogens (tertiary/aromatic N) is 3. The van der Waals surface area contributed by atoms with Gasteiger partial charge < -0.3 is 15.0 Å². The van der Waals surface area contributed by atoms with Crippen molar-refractivity contribution in [3.8, 4) is 10.6 Å². The van der Waals surface area contributed by atoms with Crippen molar-refractivity contribution < 1.29 is 14.3 Å². The summed E-state index contributed by atoms with van der Waals surface area (Å²) >= 11 is 7.67. The number of thiazole rings is 1. The molecule has 0 saturated carbocycles. The third-order valence-corrected chi connectivity index (χ3v) is 7.66. The maximum Gasteiger partial charge on any atom is 0.410 e. The van der Waals surface area contributed by atoms with Gasteiger partial charge in [-0.1, -0.05) is 35.9 Å². The number of aromatic nitrogens is 1. The number of carbonyl (C=O) groups is 2. The lowest BCUT2D eigenvalue weighted by atomic mass is 10.1. The number of para-hydroxylation sites is 1. The Hall–Kier alpha value is -3.46. The van der Waals surface area contributed by atoms with Gasteiger partial charge in [-0.3, -0.25) is 9.69 Å². The molecule has 0 radical (unpaired) electrons. The second kappa shape index (κ2) is 11.3. The summed E-state index contributed by atoms with van der Waals surface area (Å²) < 4.78 is 6.60. The van der Waals surface area contributed by atoms with Gasteiger partial charge in [-0.05, 0) is 68.8 Å². The molecule has 0 unspecified atom stereocenters. The van der Waals surface area contributed by atoms with Crippen LogP contribution in [0.1, 0.15) is 36.7 Å². The van der Waals surface area contributed by atoms with Crippen LogP contribution in [0, 0.1) is 0 Å². The van der Waals surface area contributed by atoms with Crippen LogP contribution in [-0.4, -0.2) is 58.6 Å². The van der Waals surface area contributed by atoms with E-state index >= 15 is 0 Å². The van der Waals surface area contributed by atoms with E-state index in [2.05, 4.69) is 28.4 Å². The Labute approximate surface area is 237 Å². The van der Waals surface area contributed by atoms with E-state index in [0.29, 0.717) is 29.4 Å². The fourth-order valence-electron chi connectivity index (χ4n) is 4.46. The number of nitrogens with one attached hydrogen (secondary N) is 1. The van der Waals surface area contributed by atoms with Crippen LogP contribution in [0.5, 0.6) is 0 Å². The summed E-state index contributed by atoms with van der Waals surface area (Å²) in [4.78, 5) is 34.2. The Morgan fingerprint density at radius 1 is 1.00 bits per heavy atom. The highest BCUT2D eigenvalue weighted by Gasteiger charge is 2.26. The van der Waals surface area contributed by atoms with E-state index in [9.17, 15) is 9.59 Å². The van der Waals surface area contributed by atoms with E-state index in [1.54, 1.807) is 40.5 Å². The molecule has 0 aliphatic carbocycles. The first-order chi connectivity index (χ1) is 18.6. The second-order valence-electron chi connectivity index (χ2n) is 10.6. The molecular formula is C30H31ClN4O3S. The van der Waals surface area contributed by atoms with Gasteiger partial charge in [-0.15, -0.1) is 11.3 Å². The minimum absolute atomic E-state index is 0.222. The molecule has 0 atom stereocenters. The van der Waals surface area contributed by atoms with E-state index in [4.69, 9.17) is 21.3 Å². The summed E-state index contributed by atoms with van der Waals surface area (Å²) in [5.41, 5.74) is 3.70. The Morgan fingerprint density at radius 3 is 2.51 bits per heavy atom. The molecule has 7 nitrogen and oxygen atoms in total. The van der Waals surface area contributed by atoms with Gasteiger partial charge >= 0.3 is 6.09 Å². The predicted molar refractivity (Wildman–Crippen MR) is 158 cm³/mol. The molecule has 1 saturated heterocycles. The van der Waals surface area contributed by atoms with E-state index in [-0.39, 0.29) is 12.0 Å². The van der Waals surface area contributed by atoms with E-state index < -0.39 is 5.60 Å². The topological polar surface area (TPSA) is 74.8 Å². The first-order valence-corrected chi connectivity index (χ1v) is 14.1. The summed E-state index contributed by atoms with van der Waals surface area (Å²) in [7, 11) is 0. The summed E-state index contributed by atoms with van der Waals surface area (Å²) in [5, 5.41) is 4.37. The lowest BCUT2D eigenvalue weighted by Crippen LogP contribution is -2.49. The molecule has 3 aromatic carbocycles. The van der Waals surface area contributed by atoms with Crippen LogP contribution in [0.25, 0.3) is 20.8 Å². The molecule has 1 aliphatic rings. The maximum absolute atomic E-state index is 12.9. The molecule has 2 amide bonds. The highest BCUT2D eigenvalue weighted by atomic mass is 35.5. The van der Waals surface area contributed by atoms with Crippen molar-refractivity contribution in [1.29, 1.82) is 0 Å². The Bertz CT molecular complexity index is 1510. The zero-order chi connectivity index (χ0) is 27.6. The van der Waals surface area contributed by atoms with Crippen LogP contribution >= 0.6 is 22.9 Å². The number of hydrogen-bond acceptors (Lipinski definition) is 6. The first-order valence-electron chi connectivity index (χ1n) is 12.9. The fourth-order valence-corrected chi connectivity index (χ4v) is 5.72. The Balaban J connectivity index is 1.27. The highest BCUT2D eigenvalue weighted by molar-refractivity contribution is 7.21. The average molecular weight is 563 g/mol. The zero-order valence-electron chi connectivity index (χ0n) is 22.2. The van der Waals surface area contributed by atoms with Gasteiger partial charge in [0.2, 0.25) is 0 Å². The van der Waals surface area contributed by atoms with Gasteiger partial charge in [0.25, 0.3) is 5.91 Å². The molecular weight excluding hydrogens is 532 g/mol. The molecule has 1 N–H and O–H groups in total. The van der Waals surface area contributed by atoms with Crippen LogP contribution in [0.15, 0.2) is 66.7 Å². The highest BCUT2D eigenvalue weighted by Crippen LogP contribution is 2.35. The largest absolute Gasteiger partial charge is 0.444 e. The van der Waals surface area contributed by atoms with Crippen LogP contribution in [0.3, 0.4) is 0 Å². The molecule has 1 aromatic heterocycles. The number of piperazine rings is 1. The minimum Gasteiger partial charge on any atom is -0.444 e. The summed E-state index contributed by atoms with van der Waals surface area (Å²) in [6.45, 7) is 9.36. The number of amides is 2. The summed E-state index contributed by atoms with van der Waals surface area (Å²) in [6, 6.07) is 20.9. The number of carbonyl (C=O) groups excluding carboxylic acids is 2. The summed E-state index contributed by atoms with van der Waals surface area (Å²) in [6.07, 6.45) is -0.246. The molecule has 39 heavy (non-hydrogen) atoms. The molecule has 202 valence electrons. The molecule has 9 heteroatoms. The van der Waals surface area contributed by atoms with Crippen LogP contribution in [-0.2, 0) is 11.3 Å². The molecule has 5 rings (SSSR count). The molecule has 0 spiro atoms. The first kappa shape index (κ1) is 27.1. The average Bonchev–Trinajstić information content (AvgIpc) is 3.32. The zero-order valence-corrected chi connectivity index (χ0v) is 23.8. The van der Waals surface area contributed by atoms with Crippen molar-refractivity contribution in [3.05, 3.63) is 82.9 Å². The SMILES string of the molecule is CC(C)(C)OC(=O)N1CCN(Cc2ccc3nc(-c4ccccc4NC(=O)c4cccc(Cl)c4)sc3c2)CC1. The van der Waals surface area contributed by atoms with E-state index in [1.807, 2.05) is 45.0 Å². The van der Waals surface area contributed by atoms with Crippen molar-refractivity contribution in [2.45, 2.75) is 32.9 Å². The Kier molecular flexibility index (Phi) is 7.88. The van der Waals surface area contributed by atoms with Crippen LogP contribution in [0.2, 0.25) is 5.02 Å². The standard InChI is InChI=1S/C30H31ClN4O3S/c1-30(2,3)38-29(37)35-15-13-34(14-16-35)19-20-11-12-25-26(17-20)39-28(33-25)23-9-4-5-10-24(23)32-27(36)21-7-6-8-22(31)18-21/h4-12,17-18H,13-16,19H2,1-3H3,(H,32,36). The number of anilines is 1. The van der Waals surface area contributed by atoms with Gasteiger partial charge in [0.05, 0.1) is 15.9 Å². The molecule has 2 heterocycles. The van der Waals surface area contributed by atoms with Gasteiger partial charge in [0.15, 0.2) is 0 Å². The molecule has 1 fully saturated rings. The number of ether oxygens (including phenoxy) is 1. The normalized spacial score (nSPS) is 14.4. The van der Waals surface area contributed by atoms with Gasteiger partial charge in [0.1, 0.15) is 10.6 Å². The minimum atomic E-state index is -0.487. The lowest BCUT2D eigenvalue weighted by Gasteiger charge is -2.35. The Morgan fingerprint density at radius 2 is 1.77 bits per heavy atom. The van der Waals surface area contributed by atoms with Crippen molar-refractivity contribution in [3.63, 3.8) is 0 Å². The number of hydrogen-bond donors (Lipinski definition) is 1. The smallest absolute Gasteiger partial charge is 0.410 e. The van der Waals surface area contributed by atoms with Crippen LogP contribution < -0.4 is 5.32 Å². The third kappa shape index (κ3) is 6.76. The quantitative estimate of drug-likeness (QED) is 0.286. The number of benzene rings is 3. The second-order valence-corrected chi connectivity index (χ2v) is 12.0. The fraction of sp³-hybridized carbons (Fsp3) is 0.300. The van der Waals surface area contributed by atoms with Crippen LogP contribution in [0.4, 0.5) is 10.5 Å². The maximum atomic E-state index is 12.9.